The lowest BCUT2D eigenvalue weighted by molar-refractivity contribution is 0.297. The lowest BCUT2D eigenvalue weighted by atomic mass is 10.2. The third kappa shape index (κ3) is 2.77. The number of hydrogen-bond acceptors (Lipinski definition) is 2. The van der Waals surface area contributed by atoms with Gasteiger partial charge in [0.15, 0.2) is 0 Å². The molecule has 18 heavy (non-hydrogen) atoms. The maximum absolute atomic E-state index is 13.4. The molecule has 0 saturated heterocycles. The van der Waals surface area contributed by atoms with Crippen LogP contribution in [0.5, 0.6) is 5.75 Å². The Morgan fingerprint density at radius 3 is 2.61 bits per heavy atom. The lowest BCUT2D eigenvalue weighted by Crippen LogP contribution is -2.00. The van der Waals surface area contributed by atoms with Crippen molar-refractivity contribution < 1.29 is 13.5 Å². The molecule has 0 aliphatic heterocycles. The van der Waals surface area contributed by atoms with Gasteiger partial charge in [0.05, 0.1) is 0 Å². The summed E-state index contributed by atoms with van der Waals surface area (Å²) in [5, 5.41) is 0. The van der Waals surface area contributed by atoms with Gasteiger partial charge >= 0.3 is 0 Å². The van der Waals surface area contributed by atoms with E-state index in [9.17, 15) is 8.78 Å². The molecule has 2 aromatic rings. The Labute approximate surface area is 104 Å². The second-order valence-corrected chi connectivity index (χ2v) is 4.05. The van der Waals surface area contributed by atoms with E-state index in [1.54, 1.807) is 18.2 Å². The van der Waals surface area contributed by atoms with Crippen LogP contribution < -0.4 is 10.5 Å². The van der Waals surface area contributed by atoms with Gasteiger partial charge in [0.25, 0.3) is 0 Å². The maximum Gasteiger partial charge on any atom is 0.130 e. The number of anilines is 1. The molecule has 0 aliphatic rings. The number of rotatable bonds is 3. The highest BCUT2D eigenvalue weighted by atomic mass is 19.1. The van der Waals surface area contributed by atoms with E-state index < -0.39 is 11.6 Å². The fourth-order valence-corrected chi connectivity index (χ4v) is 1.64. The number of nitrogens with two attached hydrogens (primary N) is 1. The van der Waals surface area contributed by atoms with Gasteiger partial charge in [0.1, 0.15) is 24.0 Å². The average Bonchev–Trinajstić information content (AvgIpc) is 2.32. The van der Waals surface area contributed by atoms with Crippen LogP contribution in [0.4, 0.5) is 14.5 Å². The molecular formula is C14H13F2NO. The first-order valence-electron chi connectivity index (χ1n) is 5.49. The van der Waals surface area contributed by atoms with Crippen LogP contribution in [0.3, 0.4) is 0 Å². The molecule has 0 fully saturated rings. The summed E-state index contributed by atoms with van der Waals surface area (Å²) in [6.07, 6.45) is 0. The summed E-state index contributed by atoms with van der Waals surface area (Å²) in [6.45, 7) is 1.82. The minimum absolute atomic E-state index is 0.0195. The number of aryl methyl sites for hydroxylation is 1. The van der Waals surface area contributed by atoms with Crippen LogP contribution in [0, 0.1) is 18.6 Å². The molecule has 0 radical (unpaired) electrons. The Balaban J connectivity index is 2.13. The zero-order valence-corrected chi connectivity index (χ0v) is 9.91. The van der Waals surface area contributed by atoms with Gasteiger partial charge < -0.3 is 10.5 Å². The van der Waals surface area contributed by atoms with E-state index in [1.807, 2.05) is 6.92 Å². The molecule has 2 rings (SSSR count). The number of ether oxygens (including phenoxy) is 1. The van der Waals surface area contributed by atoms with Crippen molar-refractivity contribution >= 4 is 5.69 Å². The minimum Gasteiger partial charge on any atom is -0.489 e. The van der Waals surface area contributed by atoms with Crippen LogP contribution in [-0.4, -0.2) is 0 Å². The first-order valence-corrected chi connectivity index (χ1v) is 5.49. The van der Waals surface area contributed by atoms with E-state index in [1.165, 1.54) is 0 Å². The summed E-state index contributed by atoms with van der Waals surface area (Å²) >= 11 is 0. The van der Waals surface area contributed by atoms with Crippen molar-refractivity contribution in [3.05, 3.63) is 59.2 Å². The quantitative estimate of drug-likeness (QED) is 0.846. The van der Waals surface area contributed by atoms with Gasteiger partial charge in [0.2, 0.25) is 0 Å². The lowest BCUT2D eigenvalue weighted by Gasteiger charge is -2.10. The van der Waals surface area contributed by atoms with Crippen molar-refractivity contribution in [2.24, 2.45) is 0 Å². The molecule has 94 valence electrons. The standard InChI is InChI=1S/C14H13F2NO/c1-9-6-12(17)3-5-14(9)18-8-10-7-11(15)2-4-13(10)16/h2-7H,8,17H2,1H3. The molecule has 0 spiro atoms. The van der Waals surface area contributed by atoms with Crippen molar-refractivity contribution in [2.75, 3.05) is 5.73 Å². The summed E-state index contributed by atoms with van der Waals surface area (Å²) < 4.78 is 31.8. The molecular weight excluding hydrogens is 236 g/mol. The Hall–Kier alpha value is -2.10. The monoisotopic (exact) mass is 249 g/mol. The fourth-order valence-electron chi connectivity index (χ4n) is 1.64. The summed E-state index contributed by atoms with van der Waals surface area (Å²) in [7, 11) is 0. The van der Waals surface area contributed by atoms with Crippen molar-refractivity contribution in [1.82, 2.24) is 0 Å². The molecule has 2 nitrogen and oxygen atoms in total. The van der Waals surface area contributed by atoms with E-state index in [0.29, 0.717) is 11.4 Å². The third-order valence-corrected chi connectivity index (χ3v) is 2.59. The molecule has 0 atom stereocenters. The van der Waals surface area contributed by atoms with Gasteiger partial charge in [0, 0.05) is 11.3 Å². The largest absolute Gasteiger partial charge is 0.489 e. The highest BCUT2D eigenvalue weighted by Crippen LogP contribution is 2.22. The zero-order valence-electron chi connectivity index (χ0n) is 9.91. The fraction of sp³-hybridized carbons (Fsp3) is 0.143. The van der Waals surface area contributed by atoms with E-state index in [2.05, 4.69) is 0 Å². The van der Waals surface area contributed by atoms with Gasteiger partial charge in [-0.2, -0.15) is 0 Å². The number of hydrogen-bond donors (Lipinski definition) is 1. The number of benzene rings is 2. The van der Waals surface area contributed by atoms with Gasteiger partial charge in [-0.05, 0) is 48.9 Å². The SMILES string of the molecule is Cc1cc(N)ccc1OCc1cc(F)ccc1F. The predicted octanol–water partition coefficient (Wildman–Crippen LogP) is 3.43. The zero-order chi connectivity index (χ0) is 13.1. The molecule has 0 heterocycles. The predicted molar refractivity (Wildman–Crippen MR) is 66.3 cm³/mol. The molecule has 0 aromatic heterocycles. The Morgan fingerprint density at radius 2 is 1.89 bits per heavy atom. The van der Waals surface area contributed by atoms with E-state index in [4.69, 9.17) is 10.5 Å². The number of halogens is 2. The smallest absolute Gasteiger partial charge is 0.130 e. The van der Waals surface area contributed by atoms with Crippen molar-refractivity contribution in [3.8, 4) is 5.75 Å². The second kappa shape index (κ2) is 5.04. The normalized spacial score (nSPS) is 10.4. The Morgan fingerprint density at radius 1 is 1.11 bits per heavy atom. The van der Waals surface area contributed by atoms with Crippen LogP contribution in [-0.2, 0) is 6.61 Å². The summed E-state index contributed by atoms with van der Waals surface area (Å²) in [5.74, 6) is -0.360. The van der Waals surface area contributed by atoms with Gasteiger partial charge in [-0.3, -0.25) is 0 Å². The highest BCUT2D eigenvalue weighted by molar-refractivity contribution is 5.47. The third-order valence-electron chi connectivity index (χ3n) is 2.59. The van der Waals surface area contributed by atoms with Crippen LogP contribution >= 0.6 is 0 Å². The van der Waals surface area contributed by atoms with Gasteiger partial charge in [-0.15, -0.1) is 0 Å². The summed E-state index contributed by atoms with van der Waals surface area (Å²) in [6, 6.07) is 8.46. The van der Waals surface area contributed by atoms with Crippen LogP contribution in [0.15, 0.2) is 36.4 Å². The van der Waals surface area contributed by atoms with E-state index >= 15 is 0 Å². The van der Waals surface area contributed by atoms with Gasteiger partial charge in [-0.1, -0.05) is 0 Å². The maximum atomic E-state index is 13.4. The van der Waals surface area contributed by atoms with Crippen molar-refractivity contribution in [2.45, 2.75) is 13.5 Å². The average molecular weight is 249 g/mol. The molecule has 0 aliphatic carbocycles. The van der Waals surface area contributed by atoms with Crippen molar-refractivity contribution in [1.29, 1.82) is 0 Å². The molecule has 2 N–H and O–H groups in total. The van der Waals surface area contributed by atoms with E-state index in [-0.39, 0.29) is 12.2 Å². The molecule has 0 amide bonds. The topological polar surface area (TPSA) is 35.2 Å². The molecule has 0 saturated carbocycles. The molecule has 0 unspecified atom stereocenters. The van der Waals surface area contributed by atoms with Crippen LogP contribution in [0.2, 0.25) is 0 Å². The van der Waals surface area contributed by atoms with E-state index in [0.717, 1.165) is 23.8 Å². The first-order chi connectivity index (χ1) is 8.56. The number of nitrogen functional groups attached to an aromatic ring is 1. The highest BCUT2D eigenvalue weighted by Gasteiger charge is 2.06. The minimum atomic E-state index is -0.482. The summed E-state index contributed by atoms with van der Waals surface area (Å²) in [4.78, 5) is 0. The molecule has 4 heteroatoms. The molecule has 0 bridgehead atoms. The van der Waals surface area contributed by atoms with Crippen molar-refractivity contribution in [3.63, 3.8) is 0 Å². The Kier molecular flexibility index (Phi) is 3.46. The first kappa shape index (κ1) is 12.4. The summed E-state index contributed by atoms with van der Waals surface area (Å²) in [5.41, 5.74) is 7.29. The molecule has 2 aromatic carbocycles. The van der Waals surface area contributed by atoms with Crippen LogP contribution in [0.1, 0.15) is 11.1 Å². The van der Waals surface area contributed by atoms with Crippen LogP contribution in [0.25, 0.3) is 0 Å². The van der Waals surface area contributed by atoms with Gasteiger partial charge in [-0.25, -0.2) is 8.78 Å². The second-order valence-electron chi connectivity index (χ2n) is 4.05. The Bertz CT molecular complexity index is 570.